The average Bonchev–Trinajstić information content (AvgIpc) is 2.94. The van der Waals surface area contributed by atoms with Crippen LogP contribution in [0.1, 0.15) is 39.3 Å². The van der Waals surface area contributed by atoms with Crippen molar-refractivity contribution >= 4 is 40.2 Å². The van der Waals surface area contributed by atoms with Gasteiger partial charge in [0.05, 0.1) is 21.8 Å². The lowest BCUT2D eigenvalue weighted by Gasteiger charge is -2.44. The highest BCUT2D eigenvalue weighted by Gasteiger charge is 2.34. The molecular formula is C29H30ClFN8O2. The molecule has 5 rings (SSSR count). The van der Waals surface area contributed by atoms with Gasteiger partial charge >= 0.3 is 5.69 Å². The topological polar surface area (TPSA) is 123 Å². The highest BCUT2D eigenvalue weighted by Crippen LogP contribution is 2.36. The van der Waals surface area contributed by atoms with Crippen LogP contribution in [0.15, 0.2) is 54.1 Å². The zero-order chi connectivity index (χ0) is 29.6. The normalized spacial score (nSPS) is 17.3. The minimum absolute atomic E-state index is 0.0735. The lowest BCUT2D eigenvalue weighted by molar-refractivity contribution is -0.128. The van der Waals surface area contributed by atoms with Crippen molar-refractivity contribution in [3.8, 4) is 16.9 Å². The zero-order valence-corrected chi connectivity index (χ0v) is 23.9. The standard InChI is InChI=1S/C29H30ClFN8O2/c1-6-22(40)37-12-17(5)38(13-16(37)4)27-19-11-20(30)24(18-9-7-8-10-21(18)31)35-28(19)39(29(41)36-27)25-23(15(2)3)33-14-34-26(25)32/h6-11,14-17H,1,12-13H2,2-5H3,(H2,32,33,34)/t16-,17+/m1/s1. The molecule has 212 valence electrons. The van der Waals surface area contributed by atoms with Crippen LogP contribution in [-0.2, 0) is 4.79 Å². The van der Waals surface area contributed by atoms with Crippen molar-refractivity contribution in [2.45, 2.75) is 45.7 Å². The summed E-state index contributed by atoms with van der Waals surface area (Å²) < 4.78 is 16.2. The molecule has 0 spiro atoms. The van der Waals surface area contributed by atoms with E-state index in [1.54, 1.807) is 29.2 Å². The van der Waals surface area contributed by atoms with Crippen LogP contribution in [0.4, 0.5) is 16.0 Å². The quantitative estimate of drug-likeness (QED) is 0.348. The summed E-state index contributed by atoms with van der Waals surface area (Å²) in [6, 6.07) is 7.37. The van der Waals surface area contributed by atoms with E-state index in [2.05, 4.69) is 21.5 Å². The predicted molar refractivity (Wildman–Crippen MR) is 158 cm³/mol. The number of pyridine rings is 1. The van der Waals surface area contributed by atoms with Crippen molar-refractivity contribution < 1.29 is 9.18 Å². The number of nitrogens with zero attached hydrogens (tertiary/aromatic N) is 7. The van der Waals surface area contributed by atoms with Crippen LogP contribution in [-0.4, -0.2) is 60.5 Å². The van der Waals surface area contributed by atoms with E-state index in [1.807, 2.05) is 32.6 Å². The Labute approximate surface area is 241 Å². The minimum Gasteiger partial charge on any atom is -0.382 e. The van der Waals surface area contributed by atoms with Crippen molar-refractivity contribution in [1.82, 2.24) is 29.4 Å². The number of aromatic nitrogens is 5. The molecule has 3 aromatic heterocycles. The summed E-state index contributed by atoms with van der Waals surface area (Å²) in [4.78, 5) is 47.9. The Kier molecular flexibility index (Phi) is 7.48. The van der Waals surface area contributed by atoms with E-state index >= 15 is 0 Å². The van der Waals surface area contributed by atoms with E-state index in [-0.39, 0.29) is 57.3 Å². The van der Waals surface area contributed by atoms with Crippen LogP contribution in [0.3, 0.4) is 0 Å². The number of nitrogens with two attached hydrogens (primary N) is 1. The summed E-state index contributed by atoms with van der Waals surface area (Å²) in [5.41, 5.74) is 6.96. The van der Waals surface area contributed by atoms with Gasteiger partial charge in [-0.2, -0.15) is 4.98 Å². The number of halogens is 2. The van der Waals surface area contributed by atoms with Gasteiger partial charge < -0.3 is 15.5 Å². The van der Waals surface area contributed by atoms with Gasteiger partial charge in [0.15, 0.2) is 11.5 Å². The lowest BCUT2D eigenvalue weighted by atomic mass is 10.1. The second-order valence-corrected chi connectivity index (χ2v) is 10.8. The Morgan fingerprint density at radius 3 is 2.59 bits per heavy atom. The molecule has 1 aliphatic heterocycles. The predicted octanol–water partition coefficient (Wildman–Crippen LogP) is 4.35. The van der Waals surface area contributed by atoms with Crippen LogP contribution < -0.4 is 16.3 Å². The SMILES string of the molecule is C=CC(=O)N1C[C@H](C)N(c2nc(=O)n(-c3c(N)ncnc3C(C)C)c3nc(-c4ccccc4F)c(Cl)cc23)C[C@H]1C. The molecule has 2 N–H and O–H groups in total. The van der Waals surface area contributed by atoms with Crippen LogP contribution in [0.2, 0.25) is 5.02 Å². The summed E-state index contributed by atoms with van der Waals surface area (Å²) in [6.45, 7) is 12.1. The van der Waals surface area contributed by atoms with E-state index in [0.717, 1.165) is 0 Å². The summed E-state index contributed by atoms with van der Waals surface area (Å²) in [7, 11) is 0. The first-order valence-electron chi connectivity index (χ1n) is 13.2. The molecule has 0 radical (unpaired) electrons. The molecule has 0 saturated carbocycles. The number of amides is 1. The third-order valence-corrected chi connectivity index (χ3v) is 7.58. The van der Waals surface area contributed by atoms with Gasteiger partial charge in [0.1, 0.15) is 23.6 Å². The first-order chi connectivity index (χ1) is 19.5. The molecule has 1 aromatic carbocycles. The number of benzene rings is 1. The molecule has 41 heavy (non-hydrogen) atoms. The molecule has 1 fully saturated rings. The first-order valence-corrected chi connectivity index (χ1v) is 13.6. The number of carbonyl (C=O) groups is 1. The number of nitrogen functional groups attached to an aromatic ring is 1. The van der Waals surface area contributed by atoms with Crippen LogP contribution in [0.25, 0.3) is 28.0 Å². The third-order valence-electron chi connectivity index (χ3n) is 7.30. The smallest absolute Gasteiger partial charge is 0.356 e. The van der Waals surface area contributed by atoms with E-state index in [1.165, 1.54) is 23.0 Å². The number of carbonyl (C=O) groups excluding carboxylic acids is 1. The average molecular weight is 577 g/mol. The molecule has 10 nitrogen and oxygen atoms in total. The Morgan fingerprint density at radius 1 is 1.17 bits per heavy atom. The maximum Gasteiger partial charge on any atom is 0.356 e. The fraction of sp³-hybridized carbons (Fsp3) is 0.310. The van der Waals surface area contributed by atoms with Crippen LogP contribution in [0, 0.1) is 5.82 Å². The van der Waals surface area contributed by atoms with E-state index in [9.17, 15) is 14.0 Å². The van der Waals surface area contributed by atoms with E-state index < -0.39 is 11.5 Å². The van der Waals surface area contributed by atoms with Gasteiger partial charge in [-0.25, -0.2) is 28.7 Å². The fourth-order valence-corrected chi connectivity index (χ4v) is 5.53. The van der Waals surface area contributed by atoms with Crippen molar-refractivity contribution in [3.05, 3.63) is 76.3 Å². The number of anilines is 2. The Hall–Kier alpha value is -4.38. The van der Waals surface area contributed by atoms with Gasteiger partial charge in [-0.15, -0.1) is 0 Å². The molecule has 12 heteroatoms. The first kappa shape index (κ1) is 28.2. The Morgan fingerprint density at radius 2 is 1.90 bits per heavy atom. The number of hydrogen-bond acceptors (Lipinski definition) is 8. The van der Waals surface area contributed by atoms with Crippen molar-refractivity contribution in [2.75, 3.05) is 23.7 Å². The lowest BCUT2D eigenvalue weighted by Crippen LogP contribution is -2.58. The number of piperazine rings is 1. The molecule has 1 saturated heterocycles. The molecule has 4 heterocycles. The highest BCUT2D eigenvalue weighted by atomic mass is 35.5. The number of fused-ring (bicyclic) bond motifs is 1. The molecule has 1 amide bonds. The van der Waals surface area contributed by atoms with Gasteiger partial charge in [-0.3, -0.25) is 4.79 Å². The van der Waals surface area contributed by atoms with Crippen molar-refractivity contribution in [3.63, 3.8) is 0 Å². The number of rotatable bonds is 5. The van der Waals surface area contributed by atoms with Gasteiger partial charge in [0.2, 0.25) is 5.91 Å². The van der Waals surface area contributed by atoms with Crippen molar-refractivity contribution in [2.24, 2.45) is 0 Å². The van der Waals surface area contributed by atoms with Crippen LogP contribution >= 0.6 is 11.6 Å². The summed E-state index contributed by atoms with van der Waals surface area (Å²) >= 11 is 6.74. The number of hydrogen-bond donors (Lipinski definition) is 1. The molecule has 0 aliphatic carbocycles. The minimum atomic E-state index is -0.658. The Balaban J connectivity index is 1.83. The molecule has 4 aromatic rings. The molecule has 0 unspecified atom stereocenters. The summed E-state index contributed by atoms with van der Waals surface area (Å²) in [5.74, 6) is -0.379. The van der Waals surface area contributed by atoms with Gasteiger partial charge in [0.25, 0.3) is 0 Å². The molecule has 1 aliphatic rings. The monoisotopic (exact) mass is 576 g/mol. The summed E-state index contributed by atoms with van der Waals surface area (Å²) in [6.07, 6.45) is 2.63. The molecule has 2 atom stereocenters. The Bertz CT molecular complexity index is 1740. The molecule has 0 bridgehead atoms. The maximum atomic E-state index is 14.9. The van der Waals surface area contributed by atoms with E-state index in [0.29, 0.717) is 30.0 Å². The van der Waals surface area contributed by atoms with E-state index in [4.69, 9.17) is 22.3 Å². The van der Waals surface area contributed by atoms with Gasteiger partial charge in [-0.1, -0.05) is 44.2 Å². The second kappa shape index (κ2) is 10.9. The van der Waals surface area contributed by atoms with Crippen LogP contribution in [0.5, 0.6) is 0 Å². The van der Waals surface area contributed by atoms with Gasteiger partial charge in [-0.05, 0) is 44.0 Å². The highest BCUT2D eigenvalue weighted by molar-refractivity contribution is 6.33. The third kappa shape index (κ3) is 4.90. The fourth-order valence-electron chi connectivity index (χ4n) is 5.27. The van der Waals surface area contributed by atoms with Crippen molar-refractivity contribution in [1.29, 1.82) is 0 Å². The largest absolute Gasteiger partial charge is 0.382 e. The van der Waals surface area contributed by atoms with Gasteiger partial charge in [0, 0.05) is 30.7 Å². The maximum absolute atomic E-state index is 14.9. The second-order valence-electron chi connectivity index (χ2n) is 10.4. The molecular weight excluding hydrogens is 547 g/mol. The zero-order valence-electron chi connectivity index (χ0n) is 23.2. The summed E-state index contributed by atoms with van der Waals surface area (Å²) in [5, 5.41) is 0.633.